The van der Waals surface area contributed by atoms with Crippen LogP contribution >= 0.6 is 11.3 Å². The summed E-state index contributed by atoms with van der Waals surface area (Å²) in [5.74, 6) is -0.512. The third-order valence-corrected chi connectivity index (χ3v) is 7.65. The third kappa shape index (κ3) is 3.99. The molecular formula is C19H19N3O5S2. The Morgan fingerprint density at radius 3 is 2.41 bits per heavy atom. The van der Waals surface area contributed by atoms with E-state index in [0.717, 1.165) is 5.52 Å². The van der Waals surface area contributed by atoms with Crippen molar-refractivity contribution >= 4 is 43.0 Å². The molecule has 8 nitrogen and oxygen atoms in total. The number of hydrogen-bond donors (Lipinski definition) is 0. The summed E-state index contributed by atoms with van der Waals surface area (Å²) < 4.78 is 26.9. The number of rotatable bonds is 5. The van der Waals surface area contributed by atoms with Gasteiger partial charge in [0.1, 0.15) is 0 Å². The normalized spacial score (nSPS) is 12.6. The molecule has 29 heavy (non-hydrogen) atoms. The Morgan fingerprint density at radius 2 is 1.86 bits per heavy atom. The molecule has 0 aliphatic heterocycles. The molecule has 0 unspecified atom stereocenters. The van der Waals surface area contributed by atoms with Gasteiger partial charge in [0.15, 0.2) is 14.6 Å². The molecule has 152 valence electrons. The van der Waals surface area contributed by atoms with Gasteiger partial charge in [-0.05, 0) is 51.1 Å². The van der Waals surface area contributed by atoms with E-state index in [0.29, 0.717) is 16.0 Å². The number of aryl methyl sites for hydroxylation is 1. The van der Waals surface area contributed by atoms with Crippen LogP contribution < -0.4 is 4.80 Å². The number of carbonyl (C=O) groups is 1. The SMILES string of the molecule is CCn1c(=NC(=O)c2ccc(S(=O)(=O)C(C)C)cc2)sc2cc([N+](=O)[O-])ccc21. The fourth-order valence-electron chi connectivity index (χ4n) is 2.78. The largest absolute Gasteiger partial charge is 0.317 e. The average molecular weight is 434 g/mol. The minimum atomic E-state index is -3.42. The molecule has 0 saturated heterocycles. The van der Waals surface area contributed by atoms with Crippen LogP contribution in [0.3, 0.4) is 0 Å². The van der Waals surface area contributed by atoms with Gasteiger partial charge in [-0.15, -0.1) is 0 Å². The van der Waals surface area contributed by atoms with Gasteiger partial charge >= 0.3 is 0 Å². The van der Waals surface area contributed by atoms with Crippen molar-refractivity contribution in [2.24, 2.45) is 4.99 Å². The topological polar surface area (TPSA) is 112 Å². The van der Waals surface area contributed by atoms with Gasteiger partial charge in [-0.2, -0.15) is 4.99 Å². The highest BCUT2D eigenvalue weighted by atomic mass is 32.2. The van der Waals surface area contributed by atoms with Gasteiger partial charge in [0, 0.05) is 24.2 Å². The van der Waals surface area contributed by atoms with Crippen molar-refractivity contribution in [3.05, 3.63) is 62.9 Å². The van der Waals surface area contributed by atoms with Gasteiger partial charge in [-0.25, -0.2) is 8.42 Å². The fourth-order valence-corrected chi connectivity index (χ4v) is 4.96. The minimum Gasteiger partial charge on any atom is -0.317 e. The Kier molecular flexibility index (Phi) is 5.67. The number of hydrogen-bond acceptors (Lipinski definition) is 6. The zero-order valence-electron chi connectivity index (χ0n) is 16.0. The van der Waals surface area contributed by atoms with Crippen LogP contribution in [0.1, 0.15) is 31.1 Å². The van der Waals surface area contributed by atoms with Gasteiger partial charge in [-0.1, -0.05) is 11.3 Å². The molecule has 1 aromatic heterocycles. The average Bonchev–Trinajstić information content (AvgIpc) is 3.03. The van der Waals surface area contributed by atoms with Crippen LogP contribution in [0.15, 0.2) is 52.4 Å². The maximum Gasteiger partial charge on any atom is 0.279 e. The lowest BCUT2D eigenvalue weighted by Gasteiger charge is -2.07. The van der Waals surface area contributed by atoms with E-state index in [2.05, 4.69) is 4.99 Å². The van der Waals surface area contributed by atoms with E-state index in [9.17, 15) is 23.3 Å². The van der Waals surface area contributed by atoms with Gasteiger partial charge in [0.05, 0.1) is 25.3 Å². The van der Waals surface area contributed by atoms with Crippen LogP contribution in [0, 0.1) is 10.1 Å². The molecule has 0 fully saturated rings. The number of aromatic nitrogens is 1. The van der Waals surface area contributed by atoms with E-state index in [4.69, 9.17) is 0 Å². The van der Waals surface area contributed by atoms with Gasteiger partial charge < -0.3 is 4.57 Å². The van der Waals surface area contributed by atoms with Gasteiger partial charge in [-0.3, -0.25) is 14.9 Å². The molecule has 0 atom stereocenters. The number of non-ortho nitro benzene ring substituents is 1. The molecule has 1 heterocycles. The van der Waals surface area contributed by atoms with E-state index in [1.165, 1.54) is 47.7 Å². The molecule has 0 N–H and O–H groups in total. The first-order chi connectivity index (χ1) is 13.6. The lowest BCUT2D eigenvalue weighted by atomic mass is 10.2. The minimum absolute atomic E-state index is 0.0261. The Balaban J connectivity index is 2.02. The molecule has 10 heteroatoms. The standard InChI is InChI=1S/C19H19N3O5S2/c1-4-21-16-10-7-14(22(24)25)11-17(16)28-19(21)20-18(23)13-5-8-15(9-6-13)29(26,27)12(2)3/h5-12H,4H2,1-3H3. The first-order valence-electron chi connectivity index (χ1n) is 8.86. The van der Waals surface area contributed by atoms with Crippen molar-refractivity contribution < 1.29 is 18.1 Å². The number of nitrogens with zero attached hydrogens (tertiary/aromatic N) is 3. The highest BCUT2D eigenvalue weighted by Crippen LogP contribution is 2.23. The summed E-state index contributed by atoms with van der Waals surface area (Å²) in [4.78, 5) is 27.9. The maximum absolute atomic E-state index is 12.6. The zero-order chi connectivity index (χ0) is 21.3. The number of fused-ring (bicyclic) bond motifs is 1. The molecule has 0 aliphatic carbocycles. The predicted molar refractivity (Wildman–Crippen MR) is 111 cm³/mol. The number of nitro groups is 1. The summed E-state index contributed by atoms with van der Waals surface area (Å²) in [7, 11) is -3.42. The van der Waals surface area contributed by atoms with Crippen molar-refractivity contribution in [2.45, 2.75) is 37.5 Å². The van der Waals surface area contributed by atoms with Gasteiger partial charge in [0.2, 0.25) is 0 Å². The highest BCUT2D eigenvalue weighted by Gasteiger charge is 2.19. The van der Waals surface area contributed by atoms with Crippen LogP contribution in [0.25, 0.3) is 10.2 Å². The zero-order valence-corrected chi connectivity index (χ0v) is 17.7. The quantitative estimate of drug-likeness (QED) is 0.451. The van der Waals surface area contributed by atoms with Crippen molar-refractivity contribution in [1.29, 1.82) is 0 Å². The molecule has 0 radical (unpaired) electrons. The van der Waals surface area contributed by atoms with E-state index >= 15 is 0 Å². The molecule has 1 amide bonds. The van der Waals surface area contributed by atoms with Crippen LogP contribution in [0.5, 0.6) is 0 Å². The summed E-state index contributed by atoms with van der Waals surface area (Å²) in [6.45, 7) is 5.62. The molecule has 0 aliphatic rings. The summed E-state index contributed by atoms with van der Waals surface area (Å²) in [5.41, 5.74) is 0.994. The second kappa shape index (κ2) is 7.88. The monoisotopic (exact) mass is 433 g/mol. The highest BCUT2D eigenvalue weighted by molar-refractivity contribution is 7.92. The lowest BCUT2D eigenvalue weighted by molar-refractivity contribution is -0.384. The third-order valence-electron chi connectivity index (χ3n) is 4.44. The van der Waals surface area contributed by atoms with E-state index in [1.54, 1.807) is 24.5 Å². The summed E-state index contributed by atoms with van der Waals surface area (Å²) >= 11 is 1.19. The molecule has 0 saturated carbocycles. The number of sulfone groups is 1. The van der Waals surface area contributed by atoms with E-state index < -0.39 is 25.9 Å². The number of thiazole rings is 1. The summed E-state index contributed by atoms with van der Waals surface area (Å²) in [6.07, 6.45) is 0. The Labute approximate surface area is 171 Å². The van der Waals surface area contributed by atoms with Crippen LogP contribution in [-0.4, -0.2) is 29.1 Å². The van der Waals surface area contributed by atoms with Crippen molar-refractivity contribution in [2.75, 3.05) is 0 Å². The molecule has 0 bridgehead atoms. The smallest absolute Gasteiger partial charge is 0.279 e. The Bertz CT molecular complexity index is 1270. The first-order valence-corrected chi connectivity index (χ1v) is 11.2. The van der Waals surface area contributed by atoms with Crippen LogP contribution in [-0.2, 0) is 16.4 Å². The Hall–Kier alpha value is -2.85. The molecule has 3 aromatic rings. The number of nitro benzene ring substituents is 1. The van der Waals surface area contributed by atoms with Crippen molar-refractivity contribution in [1.82, 2.24) is 4.57 Å². The summed E-state index contributed by atoms with van der Waals surface area (Å²) in [6, 6.07) is 10.2. The fraction of sp³-hybridized carbons (Fsp3) is 0.263. The second-order valence-electron chi connectivity index (χ2n) is 6.57. The van der Waals surface area contributed by atoms with Gasteiger partial charge in [0.25, 0.3) is 11.6 Å². The molecule has 3 rings (SSSR count). The van der Waals surface area contributed by atoms with E-state index in [-0.39, 0.29) is 16.1 Å². The lowest BCUT2D eigenvalue weighted by Crippen LogP contribution is -2.16. The number of benzene rings is 2. The maximum atomic E-state index is 12.6. The van der Waals surface area contributed by atoms with Crippen LogP contribution in [0.2, 0.25) is 0 Å². The Morgan fingerprint density at radius 1 is 1.21 bits per heavy atom. The van der Waals surface area contributed by atoms with E-state index in [1.807, 2.05) is 6.92 Å². The van der Waals surface area contributed by atoms with Crippen molar-refractivity contribution in [3.8, 4) is 0 Å². The number of carbonyl (C=O) groups excluding carboxylic acids is 1. The first kappa shape index (κ1) is 20.9. The second-order valence-corrected chi connectivity index (χ2v) is 10.1. The summed E-state index contributed by atoms with van der Waals surface area (Å²) in [5, 5.41) is 10.4. The molecule has 2 aromatic carbocycles. The molecule has 0 spiro atoms. The van der Waals surface area contributed by atoms with Crippen molar-refractivity contribution in [3.63, 3.8) is 0 Å². The van der Waals surface area contributed by atoms with Crippen LogP contribution in [0.4, 0.5) is 5.69 Å². The number of amides is 1. The molecular weight excluding hydrogens is 414 g/mol. The predicted octanol–water partition coefficient (Wildman–Crippen LogP) is 3.55.